The van der Waals surface area contributed by atoms with Gasteiger partial charge in [0.25, 0.3) is 0 Å². The highest BCUT2D eigenvalue weighted by atomic mass is 16.5. The van der Waals surface area contributed by atoms with Crippen LogP contribution in [-0.2, 0) is 18.3 Å². The predicted octanol–water partition coefficient (Wildman–Crippen LogP) is 2.37. The summed E-state index contributed by atoms with van der Waals surface area (Å²) < 4.78 is 18.8. The molecule has 0 unspecified atom stereocenters. The number of fused-ring (bicyclic) bond motifs is 1. The van der Waals surface area contributed by atoms with Crippen LogP contribution in [0.15, 0.2) is 24.4 Å². The fourth-order valence-electron chi connectivity index (χ4n) is 3.38. The third kappa shape index (κ3) is 3.80. The first-order valence-corrected chi connectivity index (χ1v) is 9.00. The number of aromatic nitrogens is 2. The molecular weight excluding hydrogens is 318 g/mol. The van der Waals surface area contributed by atoms with Crippen molar-refractivity contribution in [1.29, 1.82) is 0 Å². The maximum atomic E-state index is 5.82. The molecule has 0 spiro atoms. The maximum absolute atomic E-state index is 5.82. The minimum atomic E-state index is 0.623. The quantitative estimate of drug-likeness (QED) is 0.903. The molecular formula is C19H25N3O3. The predicted molar refractivity (Wildman–Crippen MR) is 94.9 cm³/mol. The summed E-state index contributed by atoms with van der Waals surface area (Å²) in [5.74, 6) is 2.25. The second-order valence-electron chi connectivity index (χ2n) is 6.75. The maximum Gasteiger partial charge on any atom is 0.161 e. The smallest absolute Gasteiger partial charge is 0.161 e. The molecule has 0 radical (unpaired) electrons. The molecule has 6 heteroatoms. The van der Waals surface area contributed by atoms with E-state index in [1.54, 1.807) is 0 Å². The minimum Gasteiger partial charge on any atom is -0.490 e. The van der Waals surface area contributed by atoms with Crippen LogP contribution in [0.25, 0.3) is 11.3 Å². The van der Waals surface area contributed by atoms with E-state index in [2.05, 4.69) is 22.7 Å². The zero-order chi connectivity index (χ0) is 17.1. The van der Waals surface area contributed by atoms with Crippen LogP contribution in [0.4, 0.5) is 0 Å². The molecule has 4 rings (SSSR count). The standard InChI is InChI=1S/C19H25N3O3/c1-22-12-16(11-20-10-14-5-8-23-13-14)19(21-22)15-3-4-17-18(9-15)25-7-2-6-24-17/h3-4,9,12,14,20H,2,5-8,10-11,13H2,1H3/t14-/m1/s1. The van der Waals surface area contributed by atoms with Gasteiger partial charge in [-0.1, -0.05) is 0 Å². The van der Waals surface area contributed by atoms with Gasteiger partial charge in [0.15, 0.2) is 11.5 Å². The molecule has 0 saturated carbocycles. The summed E-state index contributed by atoms with van der Waals surface area (Å²) in [6.45, 7) is 4.94. The molecule has 3 heterocycles. The highest BCUT2D eigenvalue weighted by molar-refractivity contribution is 5.66. The molecule has 25 heavy (non-hydrogen) atoms. The first-order valence-electron chi connectivity index (χ1n) is 9.00. The van der Waals surface area contributed by atoms with Gasteiger partial charge in [-0.15, -0.1) is 0 Å². The van der Waals surface area contributed by atoms with Gasteiger partial charge in [-0.2, -0.15) is 5.10 Å². The van der Waals surface area contributed by atoms with Crippen LogP contribution in [0.5, 0.6) is 11.5 Å². The summed E-state index contributed by atoms with van der Waals surface area (Å²) in [7, 11) is 1.96. The van der Waals surface area contributed by atoms with E-state index in [4.69, 9.17) is 14.2 Å². The SMILES string of the molecule is Cn1cc(CNC[C@H]2CCOC2)c(-c2ccc3c(c2)OCCCO3)n1. The summed E-state index contributed by atoms with van der Waals surface area (Å²) in [6.07, 6.45) is 4.14. The summed E-state index contributed by atoms with van der Waals surface area (Å²) >= 11 is 0. The lowest BCUT2D eigenvalue weighted by Gasteiger charge is -2.11. The lowest BCUT2D eigenvalue weighted by Crippen LogP contribution is -2.22. The number of ether oxygens (including phenoxy) is 3. The number of nitrogens with one attached hydrogen (secondary N) is 1. The van der Waals surface area contributed by atoms with E-state index in [9.17, 15) is 0 Å². The summed E-state index contributed by atoms with van der Waals surface area (Å²) in [5.41, 5.74) is 3.25. The number of hydrogen-bond acceptors (Lipinski definition) is 5. The molecule has 134 valence electrons. The van der Waals surface area contributed by atoms with E-state index < -0.39 is 0 Å². The van der Waals surface area contributed by atoms with Crippen LogP contribution in [0.1, 0.15) is 18.4 Å². The summed E-state index contributed by atoms with van der Waals surface area (Å²) in [4.78, 5) is 0. The van der Waals surface area contributed by atoms with Gasteiger partial charge < -0.3 is 19.5 Å². The van der Waals surface area contributed by atoms with Crippen molar-refractivity contribution in [2.24, 2.45) is 13.0 Å². The van der Waals surface area contributed by atoms with Crippen LogP contribution < -0.4 is 14.8 Å². The van der Waals surface area contributed by atoms with Crippen LogP contribution in [0.2, 0.25) is 0 Å². The van der Waals surface area contributed by atoms with Crippen molar-refractivity contribution in [2.45, 2.75) is 19.4 Å². The Balaban J connectivity index is 1.50. The van der Waals surface area contributed by atoms with Crippen LogP contribution in [-0.4, -0.2) is 42.8 Å². The zero-order valence-corrected chi connectivity index (χ0v) is 14.7. The molecule has 0 amide bonds. The van der Waals surface area contributed by atoms with Gasteiger partial charge in [-0.25, -0.2) is 0 Å². The molecule has 1 N–H and O–H groups in total. The Morgan fingerprint density at radius 3 is 2.92 bits per heavy atom. The second kappa shape index (κ2) is 7.45. The van der Waals surface area contributed by atoms with Crippen molar-refractivity contribution in [3.63, 3.8) is 0 Å². The van der Waals surface area contributed by atoms with Gasteiger partial charge in [-0.05, 0) is 30.5 Å². The van der Waals surface area contributed by atoms with Crippen molar-refractivity contribution < 1.29 is 14.2 Å². The second-order valence-corrected chi connectivity index (χ2v) is 6.75. The van der Waals surface area contributed by atoms with Crippen molar-refractivity contribution in [2.75, 3.05) is 33.0 Å². The van der Waals surface area contributed by atoms with Crippen LogP contribution >= 0.6 is 0 Å². The van der Waals surface area contributed by atoms with Crippen LogP contribution in [0, 0.1) is 5.92 Å². The average Bonchev–Trinajstić information content (AvgIpc) is 3.19. The van der Waals surface area contributed by atoms with E-state index in [1.807, 2.05) is 23.9 Å². The highest BCUT2D eigenvalue weighted by Gasteiger charge is 2.17. The van der Waals surface area contributed by atoms with Crippen molar-refractivity contribution in [1.82, 2.24) is 15.1 Å². The van der Waals surface area contributed by atoms with E-state index in [0.29, 0.717) is 19.1 Å². The fraction of sp³-hybridized carbons (Fsp3) is 0.526. The lowest BCUT2D eigenvalue weighted by molar-refractivity contribution is 0.185. The van der Waals surface area contributed by atoms with Gasteiger partial charge in [0.2, 0.25) is 0 Å². The molecule has 1 saturated heterocycles. The molecule has 6 nitrogen and oxygen atoms in total. The van der Waals surface area contributed by atoms with E-state index in [1.165, 1.54) is 5.56 Å². The number of rotatable bonds is 5. The van der Waals surface area contributed by atoms with Gasteiger partial charge in [0, 0.05) is 50.5 Å². The molecule has 1 atom stereocenters. The molecule has 1 aromatic carbocycles. The normalized spacial score (nSPS) is 19.8. The molecule has 2 aromatic rings. The first kappa shape index (κ1) is 16.4. The van der Waals surface area contributed by atoms with Crippen molar-refractivity contribution in [3.05, 3.63) is 30.0 Å². The number of nitrogens with zero attached hydrogens (tertiary/aromatic N) is 2. The summed E-state index contributed by atoms with van der Waals surface area (Å²) in [6, 6.07) is 6.08. The monoisotopic (exact) mass is 343 g/mol. The van der Waals surface area contributed by atoms with E-state index in [-0.39, 0.29) is 0 Å². The largest absolute Gasteiger partial charge is 0.490 e. The van der Waals surface area contributed by atoms with Crippen LogP contribution in [0.3, 0.4) is 0 Å². The molecule has 0 bridgehead atoms. The Labute approximate surface area is 148 Å². The minimum absolute atomic E-state index is 0.623. The van der Waals surface area contributed by atoms with Gasteiger partial charge in [0.05, 0.1) is 25.5 Å². The highest BCUT2D eigenvalue weighted by Crippen LogP contribution is 2.34. The Morgan fingerprint density at radius 2 is 2.08 bits per heavy atom. The van der Waals surface area contributed by atoms with Gasteiger partial charge in [0.1, 0.15) is 0 Å². The number of hydrogen-bond donors (Lipinski definition) is 1. The Bertz CT molecular complexity index is 723. The molecule has 0 aliphatic carbocycles. The van der Waals surface area contributed by atoms with Crippen molar-refractivity contribution in [3.8, 4) is 22.8 Å². The van der Waals surface area contributed by atoms with Crippen molar-refractivity contribution >= 4 is 0 Å². The fourth-order valence-corrected chi connectivity index (χ4v) is 3.38. The summed E-state index contributed by atoms with van der Waals surface area (Å²) in [5, 5.41) is 8.21. The average molecular weight is 343 g/mol. The Morgan fingerprint density at radius 1 is 1.20 bits per heavy atom. The molecule has 2 aliphatic heterocycles. The van der Waals surface area contributed by atoms with Gasteiger partial charge in [-0.3, -0.25) is 4.68 Å². The Kier molecular flexibility index (Phi) is 4.90. The van der Waals surface area contributed by atoms with E-state index in [0.717, 1.165) is 61.9 Å². The topological polar surface area (TPSA) is 57.5 Å². The van der Waals surface area contributed by atoms with E-state index >= 15 is 0 Å². The number of aryl methyl sites for hydroxylation is 1. The number of benzene rings is 1. The zero-order valence-electron chi connectivity index (χ0n) is 14.7. The molecule has 1 fully saturated rings. The van der Waals surface area contributed by atoms with Gasteiger partial charge >= 0.3 is 0 Å². The Hall–Kier alpha value is -2.05. The molecule has 1 aromatic heterocycles. The first-order chi connectivity index (χ1) is 12.3. The third-order valence-electron chi connectivity index (χ3n) is 4.70. The lowest BCUT2D eigenvalue weighted by atomic mass is 10.1. The molecule has 2 aliphatic rings. The third-order valence-corrected chi connectivity index (χ3v) is 4.70.